The fourth-order valence-corrected chi connectivity index (χ4v) is 2.14. The zero-order chi connectivity index (χ0) is 14.0. The van der Waals surface area contributed by atoms with Crippen molar-refractivity contribution in [1.29, 1.82) is 0 Å². The van der Waals surface area contributed by atoms with Gasteiger partial charge in [-0.1, -0.05) is 0 Å². The van der Waals surface area contributed by atoms with Crippen LogP contribution in [0.2, 0.25) is 0 Å². The zero-order valence-corrected chi connectivity index (χ0v) is 11.9. The highest BCUT2D eigenvalue weighted by Crippen LogP contribution is 2.29. The van der Waals surface area contributed by atoms with Gasteiger partial charge >= 0.3 is 5.97 Å². The number of halogens is 1. The van der Waals surface area contributed by atoms with E-state index in [4.69, 9.17) is 10.8 Å². The van der Waals surface area contributed by atoms with Gasteiger partial charge < -0.3 is 15.7 Å². The van der Waals surface area contributed by atoms with Crippen LogP contribution in [0.3, 0.4) is 0 Å². The molecule has 0 heterocycles. The molecule has 0 saturated heterocycles. The zero-order valence-electron chi connectivity index (χ0n) is 10.3. The Morgan fingerprint density at radius 1 is 1.42 bits per heavy atom. The number of nitrogens with zero attached hydrogens (tertiary/aromatic N) is 1. The standard InChI is InChI=1S/C13H15BrN2O3/c14-10-4-1-8(7-11(10)15)13(19)16(9-2-3-9)6-5-12(17)18/h1,4,7,9H,2-3,5-6,15H2,(H,17,18). The van der Waals surface area contributed by atoms with Gasteiger partial charge in [-0.2, -0.15) is 0 Å². The molecule has 0 aliphatic heterocycles. The minimum atomic E-state index is -0.895. The molecule has 19 heavy (non-hydrogen) atoms. The predicted molar refractivity (Wildman–Crippen MR) is 74.9 cm³/mol. The van der Waals surface area contributed by atoms with Crippen molar-refractivity contribution in [1.82, 2.24) is 4.90 Å². The average Bonchev–Trinajstić information content (AvgIpc) is 3.16. The number of carboxylic acid groups (broad SMARTS) is 1. The number of nitrogens with two attached hydrogens (primary N) is 1. The number of carbonyl (C=O) groups excluding carboxylic acids is 1. The van der Waals surface area contributed by atoms with Crippen molar-refractivity contribution in [2.45, 2.75) is 25.3 Å². The number of amides is 1. The van der Waals surface area contributed by atoms with E-state index in [9.17, 15) is 9.59 Å². The smallest absolute Gasteiger partial charge is 0.305 e. The highest BCUT2D eigenvalue weighted by Gasteiger charge is 2.33. The minimum absolute atomic E-state index is 0.0335. The molecule has 1 aliphatic rings. The summed E-state index contributed by atoms with van der Waals surface area (Å²) < 4.78 is 0.743. The van der Waals surface area contributed by atoms with Crippen LogP contribution < -0.4 is 5.73 Å². The van der Waals surface area contributed by atoms with Gasteiger partial charge in [0.1, 0.15) is 0 Å². The Morgan fingerprint density at radius 2 is 2.11 bits per heavy atom. The number of carbonyl (C=O) groups is 2. The summed E-state index contributed by atoms with van der Waals surface area (Å²) >= 11 is 3.28. The molecule has 0 unspecified atom stereocenters. The van der Waals surface area contributed by atoms with Gasteiger partial charge in [0, 0.05) is 28.3 Å². The molecule has 1 aromatic carbocycles. The second-order valence-corrected chi connectivity index (χ2v) is 5.46. The number of carboxylic acids is 1. The molecule has 0 aromatic heterocycles. The lowest BCUT2D eigenvalue weighted by atomic mass is 10.1. The molecule has 1 aromatic rings. The third-order valence-corrected chi connectivity index (χ3v) is 3.78. The molecule has 0 spiro atoms. The summed E-state index contributed by atoms with van der Waals surface area (Å²) in [6.45, 7) is 0.245. The van der Waals surface area contributed by atoms with Crippen molar-refractivity contribution in [3.05, 3.63) is 28.2 Å². The summed E-state index contributed by atoms with van der Waals surface area (Å²) in [5, 5.41) is 8.73. The first-order valence-electron chi connectivity index (χ1n) is 6.07. The van der Waals surface area contributed by atoms with E-state index in [-0.39, 0.29) is 24.9 Å². The Labute approximate surface area is 119 Å². The lowest BCUT2D eigenvalue weighted by Crippen LogP contribution is -2.35. The number of benzene rings is 1. The molecule has 1 aliphatic carbocycles. The van der Waals surface area contributed by atoms with Crippen LogP contribution in [0.15, 0.2) is 22.7 Å². The van der Waals surface area contributed by atoms with E-state index in [1.165, 1.54) is 0 Å². The second-order valence-electron chi connectivity index (χ2n) is 4.61. The third-order valence-electron chi connectivity index (χ3n) is 3.06. The topological polar surface area (TPSA) is 83.6 Å². The van der Waals surface area contributed by atoms with E-state index in [0.29, 0.717) is 11.3 Å². The van der Waals surface area contributed by atoms with Gasteiger partial charge in [-0.25, -0.2) is 0 Å². The van der Waals surface area contributed by atoms with Crippen molar-refractivity contribution in [2.75, 3.05) is 12.3 Å². The first-order chi connectivity index (χ1) is 8.99. The number of aliphatic carboxylic acids is 1. The normalized spacial score (nSPS) is 14.2. The summed E-state index contributed by atoms with van der Waals surface area (Å²) in [5.74, 6) is -1.04. The summed E-state index contributed by atoms with van der Waals surface area (Å²) in [4.78, 5) is 24.6. The fourth-order valence-electron chi connectivity index (χ4n) is 1.89. The van der Waals surface area contributed by atoms with Gasteiger partial charge in [0.15, 0.2) is 0 Å². The molecule has 0 radical (unpaired) electrons. The Kier molecular flexibility index (Phi) is 4.09. The summed E-state index contributed by atoms with van der Waals surface area (Å²) in [6, 6.07) is 5.21. The van der Waals surface area contributed by atoms with E-state index < -0.39 is 5.97 Å². The number of anilines is 1. The average molecular weight is 327 g/mol. The maximum atomic E-state index is 12.4. The predicted octanol–water partition coefficient (Wildman–Crippen LogP) is 2.11. The van der Waals surface area contributed by atoms with Crippen molar-refractivity contribution in [3.63, 3.8) is 0 Å². The van der Waals surface area contributed by atoms with Gasteiger partial charge in [-0.15, -0.1) is 0 Å². The highest BCUT2D eigenvalue weighted by molar-refractivity contribution is 9.10. The first-order valence-corrected chi connectivity index (χ1v) is 6.86. The summed E-state index contributed by atoms with van der Waals surface area (Å²) in [7, 11) is 0. The van der Waals surface area contributed by atoms with Crippen molar-refractivity contribution in [3.8, 4) is 0 Å². The maximum Gasteiger partial charge on any atom is 0.305 e. The molecular formula is C13H15BrN2O3. The SMILES string of the molecule is Nc1cc(C(=O)N(CCC(=O)O)C2CC2)ccc1Br. The van der Waals surface area contributed by atoms with Gasteiger partial charge in [0.05, 0.1) is 6.42 Å². The van der Waals surface area contributed by atoms with Gasteiger partial charge in [-0.05, 0) is 47.0 Å². The Balaban J connectivity index is 2.14. The fraction of sp³-hybridized carbons (Fsp3) is 0.385. The maximum absolute atomic E-state index is 12.4. The van der Waals surface area contributed by atoms with E-state index in [0.717, 1.165) is 17.3 Å². The number of nitrogen functional groups attached to an aromatic ring is 1. The largest absolute Gasteiger partial charge is 0.481 e. The molecule has 102 valence electrons. The van der Waals surface area contributed by atoms with E-state index in [2.05, 4.69) is 15.9 Å². The molecule has 3 N–H and O–H groups in total. The van der Waals surface area contributed by atoms with Crippen LogP contribution in [-0.2, 0) is 4.79 Å². The molecule has 0 atom stereocenters. The van der Waals surface area contributed by atoms with Crippen molar-refractivity contribution >= 4 is 33.5 Å². The lowest BCUT2D eigenvalue weighted by Gasteiger charge is -2.22. The Hall–Kier alpha value is -1.56. The number of hydrogen-bond acceptors (Lipinski definition) is 3. The highest BCUT2D eigenvalue weighted by atomic mass is 79.9. The molecule has 1 amide bonds. The van der Waals surface area contributed by atoms with Crippen LogP contribution >= 0.6 is 15.9 Å². The van der Waals surface area contributed by atoms with Gasteiger partial charge in [0.25, 0.3) is 5.91 Å². The quantitative estimate of drug-likeness (QED) is 0.812. The van der Waals surface area contributed by atoms with E-state index >= 15 is 0 Å². The van der Waals surface area contributed by atoms with Gasteiger partial charge in [-0.3, -0.25) is 9.59 Å². The second kappa shape index (κ2) is 5.61. The lowest BCUT2D eigenvalue weighted by molar-refractivity contribution is -0.137. The minimum Gasteiger partial charge on any atom is -0.481 e. The van der Waals surface area contributed by atoms with Gasteiger partial charge in [0.2, 0.25) is 0 Å². The molecule has 6 heteroatoms. The summed E-state index contributed by atoms with van der Waals surface area (Å²) in [6.07, 6.45) is 1.85. The molecular weight excluding hydrogens is 312 g/mol. The van der Waals surface area contributed by atoms with Crippen LogP contribution in [0.25, 0.3) is 0 Å². The van der Waals surface area contributed by atoms with E-state index in [1.54, 1.807) is 23.1 Å². The van der Waals surface area contributed by atoms with E-state index in [1.807, 2.05) is 0 Å². The van der Waals surface area contributed by atoms with Crippen LogP contribution in [0.5, 0.6) is 0 Å². The Morgan fingerprint density at radius 3 is 2.63 bits per heavy atom. The molecule has 2 rings (SSSR count). The van der Waals surface area contributed by atoms with Crippen LogP contribution in [0.1, 0.15) is 29.6 Å². The third kappa shape index (κ3) is 3.47. The molecule has 1 fully saturated rings. The molecule has 0 bridgehead atoms. The van der Waals surface area contributed by atoms with Crippen LogP contribution in [-0.4, -0.2) is 34.5 Å². The van der Waals surface area contributed by atoms with Crippen LogP contribution in [0.4, 0.5) is 5.69 Å². The number of rotatable bonds is 5. The first kappa shape index (κ1) is 13.9. The Bertz CT molecular complexity index is 515. The molecule has 1 saturated carbocycles. The number of hydrogen-bond donors (Lipinski definition) is 2. The molecule has 5 nitrogen and oxygen atoms in total. The van der Waals surface area contributed by atoms with Crippen molar-refractivity contribution < 1.29 is 14.7 Å². The summed E-state index contributed by atoms with van der Waals surface area (Å²) in [5.41, 5.74) is 6.76. The monoisotopic (exact) mass is 326 g/mol. The van der Waals surface area contributed by atoms with Crippen LogP contribution in [0, 0.1) is 0 Å². The van der Waals surface area contributed by atoms with Crippen molar-refractivity contribution in [2.24, 2.45) is 0 Å².